The number of piperidine rings is 1. The predicted molar refractivity (Wildman–Crippen MR) is 105 cm³/mol. The fourth-order valence-electron chi connectivity index (χ4n) is 3.40. The molecule has 1 atom stereocenters. The Morgan fingerprint density at radius 3 is 3.04 bits per heavy atom. The lowest BCUT2D eigenvalue weighted by atomic mass is 10.0. The maximum atomic E-state index is 12.4. The van der Waals surface area contributed by atoms with Crippen LogP contribution in [-0.4, -0.2) is 35.0 Å². The Hall–Kier alpha value is -2.14. The van der Waals surface area contributed by atoms with Crippen LogP contribution in [0, 0.1) is 0 Å². The Kier molecular flexibility index (Phi) is 6.45. The van der Waals surface area contributed by atoms with Gasteiger partial charge in [0, 0.05) is 30.4 Å². The molecule has 138 valence electrons. The summed E-state index contributed by atoms with van der Waals surface area (Å²) in [5, 5.41) is 3.64. The van der Waals surface area contributed by atoms with E-state index in [1.165, 1.54) is 6.42 Å². The maximum Gasteiger partial charge on any atom is 0.270 e. The highest BCUT2D eigenvalue weighted by Gasteiger charge is 2.23. The van der Waals surface area contributed by atoms with Gasteiger partial charge in [-0.15, -0.1) is 0 Å². The normalized spacial score (nSPS) is 17.2. The standard InChI is InChI=1S/C20H25ClN4O/c1-2-17-8-3-4-13-25(17)20-23-12-10-18(24-20)19(26)22-11-9-15-6-5-7-16(21)14-15/h5-7,10,12,14,17H,2-4,8-9,11,13H2,1H3,(H,22,26). The molecule has 1 unspecified atom stereocenters. The van der Waals surface area contributed by atoms with Gasteiger partial charge in [-0.2, -0.15) is 0 Å². The molecular weight excluding hydrogens is 348 g/mol. The first kappa shape index (κ1) is 18.6. The van der Waals surface area contributed by atoms with E-state index in [1.54, 1.807) is 12.3 Å². The average Bonchev–Trinajstić information content (AvgIpc) is 2.68. The lowest BCUT2D eigenvalue weighted by Gasteiger charge is -2.35. The van der Waals surface area contributed by atoms with Gasteiger partial charge in [-0.05, 0) is 55.9 Å². The molecule has 1 aliphatic heterocycles. The number of anilines is 1. The number of halogens is 1. The molecule has 1 N–H and O–H groups in total. The van der Waals surface area contributed by atoms with Crippen molar-refractivity contribution in [1.29, 1.82) is 0 Å². The molecule has 0 saturated carbocycles. The van der Waals surface area contributed by atoms with Crippen molar-refractivity contribution in [2.24, 2.45) is 0 Å². The molecule has 0 radical (unpaired) electrons. The highest BCUT2D eigenvalue weighted by Crippen LogP contribution is 2.23. The summed E-state index contributed by atoms with van der Waals surface area (Å²) in [4.78, 5) is 23.6. The van der Waals surface area contributed by atoms with Crippen molar-refractivity contribution in [3.8, 4) is 0 Å². The fraction of sp³-hybridized carbons (Fsp3) is 0.450. The van der Waals surface area contributed by atoms with Crippen LogP contribution in [0.3, 0.4) is 0 Å². The van der Waals surface area contributed by atoms with Crippen molar-refractivity contribution < 1.29 is 4.79 Å². The van der Waals surface area contributed by atoms with Crippen LogP contribution in [0.15, 0.2) is 36.5 Å². The van der Waals surface area contributed by atoms with Crippen molar-refractivity contribution in [3.05, 3.63) is 52.8 Å². The molecule has 1 fully saturated rings. The van der Waals surface area contributed by atoms with Gasteiger partial charge >= 0.3 is 0 Å². The molecule has 1 saturated heterocycles. The third-order valence-electron chi connectivity index (χ3n) is 4.82. The zero-order valence-corrected chi connectivity index (χ0v) is 15.9. The van der Waals surface area contributed by atoms with E-state index < -0.39 is 0 Å². The van der Waals surface area contributed by atoms with Gasteiger partial charge in [-0.3, -0.25) is 4.79 Å². The molecule has 0 bridgehead atoms. The van der Waals surface area contributed by atoms with Gasteiger partial charge < -0.3 is 10.2 Å². The second-order valence-corrected chi connectivity index (χ2v) is 7.07. The number of rotatable bonds is 6. The zero-order chi connectivity index (χ0) is 18.4. The lowest BCUT2D eigenvalue weighted by Crippen LogP contribution is -2.40. The van der Waals surface area contributed by atoms with E-state index in [1.807, 2.05) is 24.3 Å². The minimum atomic E-state index is -0.166. The quantitative estimate of drug-likeness (QED) is 0.836. The van der Waals surface area contributed by atoms with Crippen LogP contribution in [0.2, 0.25) is 5.02 Å². The molecule has 2 aromatic rings. The summed E-state index contributed by atoms with van der Waals surface area (Å²) in [6.07, 6.45) is 7.04. The summed E-state index contributed by atoms with van der Waals surface area (Å²) < 4.78 is 0. The molecule has 26 heavy (non-hydrogen) atoms. The van der Waals surface area contributed by atoms with E-state index in [0.29, 0.717) is 29.3 Å². The Labute approximate surface area is 159 Å². The number of hydrogen-bond donors (Lipinski definition) is 1. The van der Waals surface area contributed by atoms with Gasteiger partial charge in [-0.25, -0.2) is 9.97 Å². The van der Waals surface area contributed by atoms with Crippen molar-refractivity contribution in [3.63, 3.8) is 0 Å². The number of nitrogens with one attached hydrogen (secondary N) is 1. The van der Waals surface area contributed by atoms with Gasteiger partial charge in [0.2, 0.25) is 5.95 Å². The Bertz CT molecular complexity index is 752. The van der Waals surface area contributed by atoms with E-state index in [4.69, 9.17) is 11.6 Å². The average molecular weight is 373 g/mol. The van der Waals surface area contributed by atoms with Gasteiger partial charge in [0.25, 0.3) is 5.91 Å². The SMILES string of the molecule is CCC1CCCCN1c1nccc(C(=O)NCCc2cccc(Cl)c2)n1. The van der Waals surface area contributed by atoms with E-state index in [9.17, 15) is 4.79 Å². The second-order valence-electron chi connectivity index (χ2n) is 6.63. The number of amides is 1. The highest BCUT2D eigenvalue weighted by atomic mass is 35.5. The molecule has 5 nitrogen and oxygen atoms in total. The Morgan fingerprint density at radius 1 is 1.35 bits per heavy atom. The fourth-order valence-corrected chi connectivity index (χ4v) is 3.62. The first-order valence-corrected chi connectivity index (χ1v) is 9.67. The van der Waals surface area contributed by atoms with Gasteiger partial charge in [0.1, 0.15) is 5.69 Å². The molecular formula is C20H25ClN4O. The van der Waals surface area contributed by atoms with Crippen LogP contribution in [0.1, 0.15) is 48.7 Å². The summed E-state index contributed by atoms with van der Waals surface area (Å²) in [5.74, 6) is 0.500. The summed E-state index contributed by atoms with van der Waals surface area (Å²) in [6, 6.07) is 9.81. The molecule has 1 aromatic carbocycles. The van der Waals surface area contributed by atoms with E-state index >= 15 is 0 Å². The first-order valence-electron chi connectivity index (χ1n) is 9.29. The molecule has 1 aliphatic rings. The molecule has 6 heteroatoms. The third kappa shape index (κ3) is 4.73. The van der Waals surface area contributed by atoms with Crippen LogP contribution < -0.4 is 10.2 Å². The summed E-state index contributed by atoms with van der Waals surface area (Å²) >= 11 is 5.99. The van der Waals surface area contributed by atoms with Crippen LogP contribution in [0.5, 0.6) is 0 Å². The number of aromatic nitrogens is 2. The van der Waals surface area contributed by atoms with E-state index in [2.05, 4.69) is 27.1 Å². The van der Waals surface area contributed by atoms with Crippen molar-refractivity contribution in [1.82, 2.24) is 15.3 Å². The molecule has 1 amide bonds. The van der Waals surface area contributed by atoms with Crippen LogP contribution in [-0.2, 0) is 6.42 Å². The molecule has 2 heterocycles. The van der Waals surface area contributed by atoms with Crippen LogP contribution >= 0.6 is 11.6 Å². The predicted octanol–water partition coefficient (Wildman–Crippen LogP) is 3.87. The zero-order valence-electron chi connectivity index (χ0n) is 15.1. The van der Waals surface area contributed by atoms with E-state index in [-0.39, 0.29) is 5.91 Å². The molecule has 0 aliphatic carbocycles. The number of carbonyl (C=O) groups excluding carboxylic acids is 1. The molecule has 3 rings (SSSR count). The first-order chi connectivity index (χ1) is 12.7. The van der Waals surface area contributed by atoms with Crippen LogP contribution in [0.25, 0.3) is 0 Å². The van der Waals surface area contributed by atoms with Crippen molar-refractivity contribution in [2.75, 3.05) is 18.0 Å². The monoisotopic (exact) mass is 372 g/mol. The second kappa shape index (κ2) is 8.99. The highest BCUT2D eigenvalue weighted by molar-refractivity contribution is 6.30. The summed E-state index contributed by atoms with van der Waals surface area (Å²) in [7, 11) is 0. The maximum absolute atomic E-state index is 12.4. The van der Waals surface area contributed by atoms with Crippen molar-refractivity contribution in [2.45, 2.75) is 45.1 Å². The number of carbonyl (C=O) groups is 1. The summed E-state index contributed by atoms with van der Waals surface area (Å²) in [6.45, 7) is 3.69. The topological polar surface area (TPSA) is 58.1 Å². The van der Waals surface area contributed by atoms with E-state index in [0.717, 1.165) is 37.8 Å². The Morgan fingerprint density at radius 2 is 2.23 bits per heavy atom. The molecule has 1 aromatic heterocycles. The van der Waals surface area contributed by atoms with Crippen LogP contribution in [0.4, 0.5) is 5.95 Å². The number of nitrogens with zero attached hydrogens (tertiary/aromatic N) is 3. The number of hydrogen-bond acceptors (Lipinski definition) is 4. The van der Waals surface area contributed by atoms with Gasteiger partial charge in [0.15, 0.2) is 0 Å². The lowest BCUT2D eigenvalue weighted by molar-refractivity contribution is 0.0949. The number of benzene rings is 1. The van der Waals surface area contributed by atoms with Gasteiger partial charge in [0.05, 0.1) is 0 Å². The smallest absolute Gasteiger partial charge is 0.270 e. The Balaban J connectivity index is 1.61. The minimum absolute atomic E-state index is 0.166. The third-order valence-corrected chi connectivity index (χ3v) is 5.05. The van der Waals surface area contributed by atoms with Crippen molar-refractivity contribution >= 4 is 23.5 Å². The largest absolute Gasteiger partial charge is 0.350 e. The minimum Gasteiger partial charge on any atom is -0.350 e. The summed E-state index contributed by atoms with van der Waals surface area (Å²) in [5.41, 5.74) is 1.52. The van der Waals surface area contributed by atoms with Gasteiger partial charge in [-0.1, -0.05) is 30.7 Å². The molecule has 0 spiro atoms.